The lowest BCUT2D eigenvalue weighted by Crippen LogP contribution is -2.50. The summed E-state index contributed by atoms with van der Waals surface area (Å²) in [6, 6.07) is 11.7. The first-order valence-electron chi connectivity index (χ1n) is 8.89. The molecule has 0 radical (unpaired) electrons. The van der Waals surface area contributed by atoms with E-state index in [1.807, 2.05) is 0 Å². The third-order valence-corrected chi connectivity index (χ3v) is 5.68. The number of carbonyl (C=O) groups excluding carboxylic acids is 2. The monoisotopic (exact) mass is 453 g/mol. The summed E-state index contributed by atoms with van der Waals surface area (Å²) in [4.78, 5) is 24.7. The van der Waals surface area contributed by atoms with Crippen molar-refractivity contribution in [3.8, 4) is 6.07 Å². The van der Waals surface area contributed by atoms with Gasteiger partial charge in [-0.05, 0) is 23.8 Å². The Morgan fingerprint density at radius 1 is 1.06 bits per heavy atom. The molecule has 0 spiro atoms. The number of nitrogens with one attached hydrogen (secondary N) is 2. The number of rotatable bonds is 8. The fourth-order valence-corrected chi connectivity index (χ4v) is 4.22. The van der Waals surface area contributed by atoms with Crippen LogP contribution in [0.25, 0.3) is 0 Å². The second-order valence-corrected chi connectivity index (χ2v) is 8.63. The molecule has 2 N–H and O–H groups in total. The molecule has 0 aromatic heterocycles. The van der Waals surface area contributed by atoms with Gasteiger partial charge in [-0.25, -0.2) is 8.42 Å². The van der Waals surface area contributed by atoms with E-state index in [0.717, 1.165) is 12.1 Å². The predicted molar refractivity (Wildman–Crippen MR) is 105 cm³/mol. The Bertz CT molecular complexity index is 1080. The summed E-state index contributed by atoms with van der Waals surface area (Å²) in [5.74, 6) is -3.25. The average Bonchev–Trinajstić information content (AvgIpc) is 2.71. The third kappa shape index (κ3) is 7.42. The smallest absolute Gasteiger partial charge is 0.341 e. The van der Waals surface area contributed by atoms with Gasteiger partial charge in [0, 0.05) is 5.56 Å². The van der Waals surface area contributed by atoms with Crippen molar-refractivity contribution in [3.63, 3.8) is 0 Å². The van der Waals surface area contributed by atoms with Crippen LogP contribution in [-0.4, -0.2) is 38.6 Å². The van der Waals surface area contributed by atoms with Gasteiger partial charge < -0.3 is 10.6 Å². The van der Waals surface area contributed by atoms with Gasteiger partial charge in [-0.3, -0.25) is 9.59 Å². The van der Waals surface area contributed by atoms with Gasteiger partial charge >= 0.3 is 6.18 Å². The number of hydrogen-bond acceptors (Lipinski definition) is 5. The number of alkyl halides is 3. The van der Waals surface area contributed by atoms with Crippen LogP contribution in [0.3, 0.4) is 0 Å². The second-order valence-electron chi connectivity index (χ2n) is 6.52. The highest BCUT2D eigenvalue weighted by atomic mass is 32.2. The fourth-order valence-electron chi connectivity index (χ4n) is 2.67. The van der Waals surface area contributed by atoms with E-state index in [9.17, 15) is 31.2 Å². The maximum Gasteiger partial charge on any atom is 0.416 e. The number of halogens is 3. The highest BCUT2D eigenvalue weighted by Gasteiger charge is 2.31. The number of benzene rings is 2. The molecule has 0 bridgehead atoms. The number of sulfone groups is 1. The van der Waals surface area contributed by atoms with E-state index >= 15 is 0 Å². The fraction of sp³-hybridized carbons (Fsp3) is 0.250. The van der Waals surface area contributed by atoms with E-state index in [4.69, 9.17) is 5.26 Å². The molecule has 164 valence electrons. The third-order valence-electron chi connectivity index (χ3n) is 4.06. The van der Waals surface area contributed by atoms with Gasteiger partial charge in [-0.1, -0.05) is 36.4 Å². The topological polar surface area (TPSA) is 116 Å². The summed E-state index contributed by atoms with van der Waals surface area (Å²) in [5.41, 5.74) is -0.933. The first kappa shape index (κ1) is 23.9. The van der Waals surface area contributed by atoms with Crippen molar-refractivity contribution in [1.29, 1.82) is 5.26 Å². The molecule has 0 saturated heterocycles. The van der Waals surface area contributed by atoms with Crippen LogP contribution in [0, 0.1) is 11.3 Å². The van der Waals surface area contributed by atoms with Gasteiger partial charge in [0.15, 0.2) is 9.84 Å². The minimum absolute atomic E-state index is 0.111. The van der Waals surface area contributed by atoms with Crippen molar-refractivity contribution in [2.45, 2.75) is 18.0 Å². The zero-order chi connectivity index (χ0) is 23.1. The number of hydrogen-bond donors (Lipinski definition) is 2. The van der Waals surface area contributed by atoms with E-state index in [-0.39, 0.29) is 11.1 Å². The molecule has 2 aromatic carbocycles. The minimum atomic E-state index is -4.64. The Labute approximate surface area is 176 Å². The predicted octanol–water partition coefficient (Wildman–Crippen LogP) is 2.06. The zero-order valence-electron chi connectivity index (χ0n) is 16.0. The minimum Gasteiger partial charge on any atom is -0.341 e. The van der Waals surface area contributed by atoms with Crippen molar-refractivity contribution < 1.29 is 31.2 Å². The molecule has 7 nitrogen and oxygen atoms in total. The molecule has 2 amide bonds. The van der Waals surface area contributed by atoms with Gasteiger partial charge in [0.25, 0.3) is 5.91 Å². The average molecular weight is 453 g/mol. The Hall–Kier alpha value is -3.39. The van der Waals surface area contributed by atoms with Crippen molar-refractivity contribution in [2.75, 3.05) is 12.3 Å². The molecule has 0 fully saturated rings. The Morgan fingerprint density at radius 3 is 2.35 bits per heavy atom. The van der Waals surface area contributed by atoms with E-state index in [1.54, 1.807) is 24.3 Å². The molecule has 2 rings (SSSR count). The first-order valence-corrected chi connectivity index (χ1v) is 10.7. The lowest BCUT2D eigenvalue weighted by atomic mass is 10.1. The summed E-state index contributed by atoms with van der Waals surface area (Å²) in [5, 5.41) is 13.1. The van der Waals surface area contributed by atoms with E-state index in [1.165, 1.54) is 18.2 Å². The van der Waals surface area contributed by atoms with E-state index in [2.05, 4.69) is 10.6 Å². The van der Waals surface area contributed by atoms with Crippen LogP contribution in [0.4, 0.5) is 13.2 Å². The molecule has 0 aliphatic heterocycles. The van der Waals surface area contributed by atoms with Gasteiger partial charge in [-0.15, -0.1) is 0 Å². The lowest BCUT2D eigenvalue weighted by Gasteiger charge is -2.18. The lowest BCUT2D eigenvalue weighted by molar-refractivity contribution is -0.137. The van der Waals surface area contributed by atoms with Crippen LogP contribution in [0.5, 0.6) is 0 Å². The summed E-state index contributed by atoms with van der Waals surface area (Å²) >= 11 is 0. The molecule has 0 aliphatic rings. The highest BCUT2D eigenvalue weighted by Crippen LogP contribution is 2.29. The van der Waals surface area contributed by atoms with Gasteiger partial charge in [-0.2, -0.15) is 18.4 Å². The van der Waals surface area contributed by atoms with Crippen molar-refractivity contribution in [3.05, 3.63) is 71.3 Å². The number of nitrogens with zero attached hydrogens (tertiary/aromatic N) is 1. The normalized spacial score (nSPS) is 12.5. The summed E-state index contributed by atoms with van der Waals surface area (Å²) in [7, 11) is -4.12. The highest BCUT2D eigenvalue weighted by molar-refractivity contribution is 7.90. The maximum atomic E-state index is 12.9. The molecule has 0 unspecified atom stereocenters. The standard InChI is InChI=1S/C20H18F3N3O4S/c21-20(22,23)16-8-4-5-14(11-16)12-31(29,30)13-17(19(28)25-10-9-24)26-18(27)15-6-2-1-3-7-15/h1-8,11,17H,10,12-13H2,(H,25,28)(H,26,27)/t17-/m0/s1. The SMILES string of the molecule is N#CCNC(=O)[C@H](CS(=O)(=O)Cc1cccc(C(F)(F)F)c1)NC(=O)c1ccccc1. The van der Waals surface area contributed by atoms with Crippen molar-refractivity contribution >= 4 is 21.7 Å². The van der Waals surface area contributed by atoms with E-state index in [0.29, 0.717) is 6.07 Å². The quantitative estimate of drug-likeness (QED) is 0.594. The molecular formula is C20H18F3N3O4S. The molecule has 2 aromatic rings. The first-order chi connectivity index (χ1) is 14.5. The number of amides is 2. The van der Waals surface area contributed by atoms with Gasteiger partial charge in [0.05, 0.1) is 23.1 Å². The maximum absolute atomic E-state index is 12.9. The van der Waals surface area contributed by atoms with Crippen molar-refractivity contribution in [1.82, 2.24) is 10.6 Å². The summed E-state index contributed by atoms with van der Waals surface area (Å²) in [6.45, 7) is -0.412. The number of carbonyl (C=O) groups is 2. The van der Waals surface area contributed by atoms with Crippen LogP contribution < -0.4 is 10.6 Å². The van der Waals surface area contributed by atoms with Crippen LogP contribution in [0.15, 0.2) is 54.6 Å². The molecular weight excluding hydrogens is 435 g/mol. The second kappa shape index (κ2) is 10.1. The summed E-state index contributed by atoms with van der Waals surface area (Å²) < 4.78 is 63.8. The van der Waals surface area contributed by atoms with Crippen LogP contribution in [0.2, 0.25) is 0 Å². The molecule has 0 heterocycles. The molecule has 0 saturated carbocycles. The van der Waals surface area contributed by atoms with Crippen LogP contribution in [0.1, 0.15) is 21.5 Å². The van der Waals surface area contributed by atoms with Crippen LogP contribution >= 0.6 is 0 Å². The zero-order valence-corrected chi connectivity index (χ0v) is 16.8. The molecule has 0 aliphatic carbocycles. The molecule has 31 heavy (non-hydrogen) atoms. The summed E-state index contributed by atoms with van der Waals surface area (Å²) in [6.07, 6.45) is -4.64. The van der Waals surface area contributed by atoms with Crippen LogP contribution in [-0.2, 0) is 26.6 Å². The van der Waals surface area contributed by atoms with Gasteiger partial charge in [0.1, 0.15) is 12.6 Å². The largest absolute Gasteiger partial charge is 0.416 e. The Morgan fingerprint density at radius 2 is 1.74 bits per heavy atom. The van der Waals surface area contributed by atoms with E-state index < -0.39 is 57.5 Å². The molecule has 1 atom stereocenters. The molecule has 11 heteroatoms. The Balaban J connectivity index is 2.21. The Kier molecular flexibility index (Phi) is 7.77. The number of nitriles is 1. The van der Waals surface area contributed by atoms with Gasteiger partial charge in [0.2, 0.25) is 5.91 Å². The van der Waals surface area contributed by atoms with Crippen molar-refractivity contribution in [2.24, 2.45) is 0 Å².